The number of nitrogens with one attached hydrogen (secondary N) is 1. The van der Waals surface area contributed by atoms with E-state index in [1.54, 1.807) is 11.8 Å². The molecule has 2 N–H and O–H groups in total. The van der Waals surface area contributed by atoms with Crippen molar-refractivity contribution in [1.29, 1.82) is 0 Å². The summed E-state index contributed by atoms with van der Waals surface area (Å²) in [6.45, 7) is 4.88. The van der Waals surface area contributed by atoms with E-state index in [-0.39, 0.29) is 5.75 Å². The maximum absolute atomic E-state index is 12.9. The van der Waals surface area contributed by atoms with E-state index in [4.69, 9.17) is 0 Å². The van der Waals surface area contributed by atoms with Gasteiger partial charge in [-0.15, -0.1) is 0 Å². The van der Waals surface area contributed by atoms with Crippen molar-refractivity contribution in [2.75, 3.05) is 12.3 Å². The van der Waals surface area contributed by atoms with Gasteiger partial charge in [0.05, 0.1) is 11.8 Å². The number of carbonyl (C=O) groups excluding carboxylic acids is 1. The fourth-order valence-electron chi connectivity index (χ4n) is 3.84. The first-order valence-electron chi connectivity index (χ1n) is 10.8. The molecule has 2 aromatic rings. The molecule has 1 fully saturated rings. The number of carbonyl (C=O) groups is 1. The van der Waals surface area contributed by atoms with Crippen molar-refractivity contribution in [2.45, 2.75) is 51.3 Å². The molecule has 3 rings (SSSR count). The molecule has 6 nitrogen and oxygen atoms in total. The molecule has 1 aliphatic rings. The van der Waals surface area contributed by atoms with Crippen LogP contribution in [-0.4, -0.2) is 54.3 Å². The van der Waals surface area contributed by atoms with Gasteiger partial charge in [0, 0.05) is 23.7 Å². The molecular weight excluding hydrogens is 424 g/mol. The minimum absolute atomic E-state index is 0.0276. The number of amides is 1. The lowest BCUT2D eigenvalue weighted by molar-refractivity contribution is -0.148. The maximum atomic E-state index is 12.9. The average Bonchev–Trinajstić information content (AvgIpc) is 3.13. The molecule has 0 aliphatic carbocycles. The van der Waals surface area contributed by atoms with Gasteiger partial charge in [0.1, 0.15) is 5.60 Å². The van der Waals surface area contributed by atoms with Crippen LogP contribution in [0, 0.1) is 11.8 Å². The Balaban J connectivity index is 1.86. The predicted octanol–water partition coefficient (Wildman–Crippen LogP) is 2.31. The Morgan fingerprint density at radius 1 is 1.12 bits per heavy atom. The highest BCUT2D eigenvalue weighted by Crippen LogP contribution is 2.26. The summed E-state index contributed by atoms with van der Waals surface area (Å²) in [7, 11) is -3.43. The van der Waals surface area contributed by atoms with Gasteiger partial charge in [0.2, 0.25) is 10.0 Å². The molecule has 0 bridgehead atoms. The van der Waals surface area contributed by atoms with Crippen molar-refractivity contribution < 1.29 is 18.3 Å². The highest BCUT2D eigenvalue weighted by Gasteiger charge is 2.42. The molecule has 1 saturated heterocycles. The van der Waals surface area contributed by atoms with E-state index in [2.05, 4.69) is 16.6 Å². The Labute approximate surface area is 190 Å². The zero-order valence-electron chi connectivity index (χ0n) is 18.7. The number of hydrogen-bond donors (Lipinski definition) is 2. The molecule has 0 spiro atoms. The SMILES string of the molecule is CCS(=O)(=O)NC1CCN(C(=O)C(C)(C)O)C1Cc1cccc(C#Cc2ccccc2)c1. The van der Waals surface area contributed by atoms with Crippen LogP contribution in [0.4, 0.5) is 0 Å². The van der Waals surface area contributed by atoms with Crippen LogP contribution >= 0.6 is 0 Å². The quantitative estimate of drug-likeness (QED) is 0.656. The Hall–Kier alpha value is -2.66. The lowest BCUT2D eigenvalue weighted by Gasteiger charge is -2.32. The molecule has 7 heteroatoms. The van der Waals surface area contributed by atoms with E-state index in [0.29, 0.717) is 19.4 Å². The number of likely N-dealkylation sites (tertiary alicyclic amines) is 1. The Kier molecular flexibility index (Phi) is 7.40. The van der Waals surface area contributed by atoms with Gasteiger partial charge >= 0.3 is 0 Å². The van der Waals surface area contributed by atoms with Crippen molar-refractivity contribution in [1.82, 2.24) is 9.62 Å². The summed E-state index contributed by atoms with van der Waals surface area (Å²) in [6, 6.07) is 16.6. The molecule has 2 unspecified atom stereocenters. The summed E-state index contributed by atoms with van der Waals surface area (Å²) < 4.78 is 27.2. The van der Waals surface area contributed by atoms with Crippen LogP contribution in [0.25, 0.3) is 0 Å². The van der Waals surface area contributed by atoms with Gasteiger partial charge < -0.3 is 10.0 Å². The first-order valence-corrected chi connectivity index (χ1v) is 12.4. The van der Waals surface area contributed by atoms with Crippen LogP contribution in [-0.2, 0) is 21.2 Å². The molecule has 0 radical (unpaired) electrons. The average molecular weight is 455 g/mol. The molecule has 2 aromatic carbocycles. The van der Waals surface area contributed by atoms with Crippen LogP contribution in [0.15, 0.2) is 54.6 Å². The zero-order chi connectivity index (χ0) is 23.4. The van der Waals surface area contributed by atoms with E-state index < -0.39 is 33.6 Å². The highest BCUT2D eigenvalue weighted by atomic mass is 32.2. The second kappa shape index (κ2) is 9.86. The number of hydrogen-bond acceptors (Lipinski definition) is 4. The molecule has 1 amide bonds. The fourth-order valence-corrected chi connectivity index (χ4v) is 4.75. The monoisotopic (exact) mass is 454 g/mol. The first-order chi connectivity index (χ1) is 15.1. The molecule has 0 saturated carbocycles. The molecule has 32 heavy (non-hydrogen) atoms. The molecule has 170 valence electrons. The lowest BCUT2D eigenvalue weighted by Crippen LogP contribution is -2.52. The third-order valence-corrected chi connectivity index (χ3v) is 6.96. The van der Waals surface area contributed by atoms with E-state index in [9.17, 15) is 18.3 Å². The van der Waals surface area contributed by atoms with Gasteiger partial charge in [-0.25, -0.2) is 13.1 Å². The summed E-state index contributed by atoms with van der Waals surface area (Å²) in [5.74, 6) is 5.87. The minimum atomic E-state index is -3.43. The topological polar surface area (TPSA) is 86.7 Å². The van der Waals surface area contributed by atoms with Gasteiger partial charge in [-0.2, -0.15) is 0 Å². The van der Waals surface area contributed by atoms with E-state index in [0.717, 1.165) is 16.7 Å². The van der Waals surface area contributed by atoms with Crippen LogP contribution in [0.3, 0.4) is 0 Å². The third kappa shape index (κ3) is 6.19. The van der Waals surface area contributed by atoms with Crippen molar-refractivity contribution in [2.24, 2.45) is 0 Å². The summed E-state index contributed by atoms with van der Waals surface area (Å²) in [5.41, 5.74) is 1.19. The zero-order valence-corrected chi connectivity index (χ0v) is 19.5. The number of aliphatic hydroxyl groups is 1. The normalized spacial score (nSPS) is 18.8. The van der Waals surface area contributed by atoms with Crippen molar-refractivity contribution in [3.63, 3.8) is 0 Å². The Morgan fingerprint density at radius 2 is 1.78 bits per heavy atom. The third-order valence-electron chi connectivity index (χ3n) is 5.54. The molecule has 2 atom stereocenters. The highest BCUT2D eigenvalue weighted by molar-refractivity contribution is 7.89. The van der Waals surface area contributed by atoms with Crippen LogP contribution in [0.5, 0.6) is 0 Å². The van der Waals surface area contributed by atoms with E-state index in [1.165, 1.54) is 13.8 Å². The summed E-state index contributed by atoms with van der Waals surface area (Å²) in [6.07, 6.45) is 0.957. The molecule has 1 aliphatic heterocycles. The van der Waals surface area contributed by atoms with Crippen molar-refractivity contribution in [3.8, 4) is 11.8 Å². The molecule has 0 aromatic heterocycles. The van der Waals surface area contributed by atoms with E-state index >= 15 is 0 Å². The van der Waals surface area contributed by atoms with Gasteiger partial charge in [0.25, 0.3) is 5.91 Å². The predicted molar refractivity (Wildman–Crippen MR) is 125 cm³/mol. The van der Waals surface area contributed by atoms with Crippen molar-refractivity contribution >= 4 is 15.9 Å². The van der Waals surface area contributed by atoms with Gasteiger partial charge in [-0.3, -0.25) is 4.79 Å². The largest absolute Gasteiger partial charge is 0.381 e. The van der Waals surface area contributed by atoms with E-state index in [1.807, 2.05) is 54.6 Å². The van der Waals surface area contributed by atoms with Gasteiger partial charge in [0.15, 0.2) is 0 Å². The second-order valence-corrected chi connectivity index (χ2v) is 10.6. The lowest BCUT2D eigenvalue weighted by atomic mass is 9.98. The van der Waals surface area contributed by atoms with Gasteiger partial charge in [-0.05, 0) is 63.4 Å². The first kappa shape index (κ1) is 24.0. The fraction of sp³-hybridized carbons (Fsp3) is 0.400. The maximum Gasteiger partial charge on any atom is 0.254 e. The van der Waals surface area contributed by atoms with Gasteiger partial charge in [-0.1, -0.05) is 42.2 Å². The smallest absolute Gasteiger partial charge is 0.254 e. The summed E-state index contributed by atoms with van der Waals surface area (Å²) in [5, 5.41) is 10.3. The second-order valence-electron chi connectivity index (χ2n) is 8.56. The van der Waals surface area contributed by atoms with Crippen LogP contribution < -0.4 is 4.72 Å². The standard InChI is InChI=1S/C25H30N2O4S/c1-4-32(30,31)26-22-15-16-27(24(28)25(2,3)29)23(22)18-21-12-8-11-20(17-21)14-13-19-9-6-5-7-10-19/h5-12,17,22-23,26,29H,4,15-16,18H2,1-3H3. The molecular formula is C25H30N2O4S. The van der Waals surface area contributed by atoms with Crippen LogP contribution in [0.2, 0.25) is 0 Å². The number of rotatable bonds is 6. The summed E-state index contributed by atoms with van der Waals surface area (Å²) >= 11 is 0. The number of nitrogens with zero attached hydrogens (tertiary/aromatic N) is 1. The van der Waals surface area contributed by atoms with Crippen LogP contribution in [0.1, 0.15) is 43.9 Å². The Bertz CT molecular complexity index is 1110. The van der Waals surface area contributed by atoms with Crippen molar-refractivity contribution in [3.05, 3.63) is 71.3 Å². The Morgan fingerprint density at radius 3 is 2.44 bits per heavy atom. The minimum Gasteiger partial charge on any atom is -0.381 e. The number of sulfonamides is 1. The summed E-state index contributed by atoms with van der Waals surface area (Å²) in [4.78, 5) is 14.5. The molecule has 1 heterocycles. The number of benzene rings is 2.